The molecule has 2 rings (SSSR count). The Morgan fingerprint density at radius 2 is 2.23 bits per heavy atom. The summed E-state index contributed by atoms with van der Waals surface area (Å²) in [7, 11) is 0. The topological polar surface area (TPSA) is 43.8 Å². The Labute approximate surface area is 77.2 Å². The van der Waals surface area contributed by atoms with Crippen LogP contribution in [0, 0.1) is 0 Å². The molecule has 3 heteroatoms. The van der Waals surface area contributed by atoms with Crippen LogP contribution < -0.4 is 5.84 Å². The predicted molar refractivity (Wildman–Crippen MR) is 54.0 cm³/mol. The van der Waals surface area contributed by atoms with Gasteiger partial charge in [0.05, 0.1) is 5.69 Å². The minimum absolute atomic E-state index is 0.423. The molecule has 2 heterocycles. The maximum absolute atomic E-state index is 5.84. The third-order valence-electron chi connectivity index (χ3n) is 2.23. The molecular formula is C10H13N3. The second kappa shape index (κ2) is 2.76. The SMILES string of the molecule is CC(C)c1c2cnccc2cn1N. The molecular weight excluding hydrogens is 162 g/mol. The van der Waals surface area contributed by atoms with E-state index in [-0.39, 0.29) is 0 Å². The third kappa shape index (κ3) is 1.16. The maximum Gasteiger partial charge on any atom is 0.0511 e. The molecule has 2 aromatic rings. The van der Waals surface area contributed by atoms with Crippen LogP contribution in [0.15, 0.2) is 24.7 Å². The molecule has 0 bridgehead atoms. The van der Waals surface area contributed by atoms with E-state index in [1.807, 2.05) is 18.5 Å². The highest BCUT2D eigenvalue weighted by molar-refractivity contribution is 5.85. The molecule has 2 N–H and O–H groups in total. The monoisotopic (exact) mass is 175 g/mol. The Morgan fingerprint density at radius 3 is 2.92 bits per heavy atom. The predicted octanol–water partition coefficient (Wildman–Crippen LogP) is 1.87. The van der Waals surface area contributed by atoms with E-state index >= 15 is 0 Å². The second-order valence-electron chi connectivity index (χ2n) is 3.54. The summed E-state index contributed by atoms with van der Waals surface area (Å²) in [6, 6.07) is 1.98. The van der Waals surface area contributed by atoms with Crippen LogP contribution in [0.5, 0.6) is 0 Å². The van der Waals surface area contributed by atoms with Gasteiger partial charge in [-0.1, -0.05) is 13.8 Å². The molecule has 0 spiro atoms. The molecule has 0 atom stereocenters. The van der Waals surface area contributed by atoms with Gasteiger partial charge in [0.15, 0.2) is 0 Å². The molecule has 0 unspecified atom stereocenters. The third-order valence-corrected chi connectivity index (χ3v) is 2.23. The average Bonchev–Trinajstić information content (AvgIpc) is 2.39. The lowest BCUT2D eigenvalue weighted by Gasteiger charge is -2.06. The van der Waals surface area contributed by atoms with E-state index in [1.54, 1.807) is 10.9 Å². The molecule has 0 aliphatic carbocycles. The second-order valence-corrected chi connectivity index (χ2v) is 3.54. The molecule has 0 radical (unpaired) electrons. The highest BCUT2D eigenvalue weighted by atomic mass is 15.3. The van der Waals surface area contributed by atoms with Gasteiger partial charge in [-0.3, -0.25) is 9.66 Å². The number of nitrogens with zero attached hydrogens (tertiary/aromatic N) is 2. The number of hydrogen-bond acceptors (Lipinski definition) is 2. The fourth-order valence-electron chi connectivity index (χ4n) is 1.70. The van der Waals surface area contributed by atoms with Gasteiger partial charge in [0.2, 0.25) is 0 Å². The fourth-order valence-corrected chi connectivity index (χ4v) is 1.70. The van der Waals surface area contributed by atoms with Gasteiger partial charge < -0.3 is 5.84 Å². The van der Waals surface area contributed by atoms with Crippen LogP contribution >= 0.6 is 0 Å². The highest BCUT2D eigenvalue weighted by Crippen LogP contribution is 2.24. The van der Waals surface area contributed by atoms with Crippen molar-refractivity contribution in [2.45, 2.75) is 19.8 Å². The standard InChI is InChI=1S/C10H13N3/c1-7(2)10-9-5-12-4-3-8(9)6-13(10)11/h3-7H,11H2,1-2H3. The van der Waals surface area contributed by atoms with Gasteiger partial charge >= 0.3 is 0 Å². The molecule has 68 valence electrons. The normalized spacial score (nSPS) is 11.3. The van der Waals surface area contributed by atoms with E-state index in [1.165, 1.54) is 0 Å². The van der Waals surface area contributed by atoms with E-state index in [0.717, 1.165) is 16.5 Å². The molecule has 13 heavy (non-hydrogen) atoms. The van der Waals surface area contributed by atoms with Crippen molar-refractivity contribution in [1.29, 1.82) is 0 Å². The average molecular weight is 175 g/mol. The molecule has 2 aromatic heterocycles. The van der Waals surface area contributed by atoms with Gasteiger partial charge in [-0.25, -0.2) is 0 Å². The van der Waals surface area contributed by atoms with Crippen molar-refractivity contribution in [3.8, 4) is 0 Å². The molecule has 0 aromatic carbocycles. The summed E-state index contributed by atoms with van der Waals surface area (Å²) in [5, 5.41) is 2.31. The number of hydrogen-bond donors (Lipinski definition) is 1. The summed E-state index contributed by atoms with van der Waals surface area (Å²) in [5.74, 6) is 6.27. The van der Waals surface area contributed by atoms with Gasteiger partial charge in [-0.15, -0.1) is 0 Å². The zero-order chi connectivity index (χ0) is 9.42. The molecule has 0 aliphatic heterocycles. The lowest BCUT2D eigenvalue weighted by molar-refractivity contribution is 0.777. The van der Waals surface area contributed by atoms with Crippen molar-refractivity contribution in [2.75, 3.05) is 5.84 Å². The first-order valence-electron chi connectivity index (χ1n) is 4.40. The smallest absolute Gasteiger partial charge is 0.0511 e. The van der Waals surface area contributed by atoms with Crippen molar-refractivity contribution in [1.82, 2.24) is 9.66 Å². The summed E-state index contributed by atoms with van der Waals surface area (Å²) in [5.41, 5.74) is 1.14. The lowest BCUT2D eigenvalue weighted by atomic mass is 10.1. The maximum atomic E-state index is 5.84. The van der Waals surface area contributed by atoms with Gasteiger partial charge in [-0.2, -0.15) is 0 Å². The van der Waals surface area contributed by atoms with Crippen LogP contribution in [0.1, 0.15) is 25.5 Å². The van der Waals surface area contributed by atoms with E-state index in [9.17, 15) is 0 Å². The van der Waals surface area contributed by atoms with Crippen LogP contribution in [0.2, 0.25) is 0 Å². The molecule has 0 amide bonds. The van der Waals surface area contributed by atoms with Crippen molar-refractivity contribution in [3.63, 3.8) is 0 Å². The lowest BCUT2D eigenvalue weighted by Crippen LogP contribution is -2.11. The van der Waals surface area contributed by atoms with Crippen molar-refractivity contribution >= 4 is 10.8 Å². The minimum atomic E-state index is 0.423. The Morgan fingerprint density at radius 1 is 1.46 bits per heavy atom. The summed E-state index contributed by atoms with van der Waals surface area (Å²) < 4.78 is 1.69. The zero-order valence-corrected chi connectivity index (χ0v) is 7.86. The molecule has 3 nitrogen and oxygen atoms in total. The van der Waals surface area contributed by atoms with Gasteiger partial charge in [0.25, 0.3) is 0 Å². The number of fused-ring (bicyclic) bond motifs is 1. The summed E-state index contributed by atoms with van der Waals surface area (Å²) in [6.07, 6.45) is 5.59. The van der Waals surface area contributed by atoms with E-state index in [0.29, 0.717) is 5.92 Å². The van der Waals surface area contributed by atoms with Gasteiger partial charge in [0.1, 0.15) is 0 Å². The van der Waals surface area contributed by atoms with Crippen LogP contribution in [0.4, 0.5) is 0 Å². The summed E-state index contributed by atoms with van der Waals surface area (Å²) >= 11 is 0. The Balaban J connectivity index is 2.78. The van der Waals surface area contributed by atoms with Crippen LogP contribution in [0.3, 0.4) is 0 Å². The molecule has 0 aliphatic rings. The minimum Gasteiger partial charge on any atom is -0.339 e. The number of nitrogens with two attached hydrogens (primary N) is 1. The molecule has 0 saturated heterocycles. The Kier molecular flexibility index (Phi) is 1.72. The van der Waals surface area contributed by atoms with Crippen molar-refractivity contribution in [3.05, 3.63) is 30.4 Å². The highest BCUT2D eigenvalue weighted by Gasteiger charge is 2.10. The van der Waals surface area contributed by atoms with Gasteiger partial charge in [0, 0.05) is 29.4 Å². The van der Waals surface area contributed by atoms with E-state index in [4.69, 9.17) is 5.84 Å². The first-order chi connectivity index (χ1) is 6.20. The zero-order valence-electron chi connectivity index (χ0n) is 7.86. The van der Waals surface area contributed by atoms with Crippen LogP contribution in [0.25, 0.3) is 10.8 Å². The van der Waals surface area contributed by atoms with Crippen molar-refractivity contribution in [2.24, 2.45) is 0 Å². The summed E-state index contributed by atoms with van der Waals surface area (Å²) in [6.45, 7) is 4.26. The fraction of sp³-hybridized carbons (Fsp3) is 0.300. The largest absolute Gasteiger partial charge is 0.339 e. The molecule has 0 saturated carbocycles. The van der Waals surface area contributed by atoms with E-state index in [2.05, 4.69) is 18.8 Å². The van der Waals surface area contributed by atoms with Gasteiger partial charge in [-0.05, 0) is 12.0 Å². The number of nitrogen functional groups attached to an aromatic ring is 1. The Bertz CT molecular complexity index is 429. The quantitative estimate of drug-likeness (QED) is 0.672. The number of pyridine rings is 1. The van der Waals surface area contributed by atoms with E-state index < -0.39 is 0 Å². The first-order valence-corrected chi connectivity index (χ1v) is 4.40. The number of rotatable bonds is 1. The first kappa shape index (κ1) is 8.10. The Hall–Kier alpha value is -1.51. The van der Waals surface area contributed by atoms with Crippen LogP contribution in [-0.2, 0) is 0 Å². The summed E-state index contributed by atoms with van der Waals surface area (Å²) in [4.78, 5) is 4.10. The van der Waals surface area contributed by atoms with Crippen molar-refractivity contribution < 1.29 is 0 Å². The van der Waals surface area contributed by atoms with Crippen LogP contribution in [-0.4, -0.2) is 9.66 Å². The molecule has 0 fully saturated rings. The number of aromatic nitrogens is 2.